The first-order valence-electron chi connectivity index (χ1n) is 18.4. The highest BCUT2D eigenvalue weighted by Gasteiger charge is 2.22. The van der Waals surface area contributed by atoms with Crippen molar-refractivity contribution < 1.29 is 0 Å². The van der Waals surface area contributed by atoms with Crippen LogP contribution in [0.1, 0.15) is 0 Å². The highest BCUT2D eigenvalue weighted by Crippen LogP contribution is 2.50. The molecule has 7 aromatic carbocycles. The monoisotopic (exact) mass is 719 g/mol. The molecule has 0 unspecified atom stereocenters. The highest BCUT2D eigenvalue weighted by atomic mass is 32.1. The Kier molecular flexibility index (Phi) is 8.36. The maximum atomic E-state index is 5.41. The number of hydrogen-bond donors (Lipinski definition) is 0. The van der Waals surface area contributed by atoms with Gasteiger partial charge in [0.15, 0.2) is 5.82 Å². The Hall–Kier alpha value is -7.01. The summed E-state index contributed by atoms with van der Waals surface area (Å²) in [7, 11) is 0. The Balaban J connectivity index is 1.10. The van der Waals surface area contributed by atoms with Gasteiger partial charge in [0.05, 0.1) is 22.6 Å². The number of nitrogens with zero attached hydrogens (tertiary/aromatic N) is 3. The van der Waals surface area contributed by atoms with Crippen molar-refractivity contribution in [1.29, 1.82) is 0 Å². The van der Waals surface area contributed by atoms with Crippen LogP contribution in [0.3, 0.4) is 0 Å². The minimum Gasteiger partial charge on any atom is -0.247 e. The Bertz CT molecular complexity index is 2880. The van der Waals surface area contributed by atoms with E-state index in [4.69, 9.17) is 15.0 Å². The molecule has 0 radical (unpaired) electrons. The third-order valence-electron chi connectivity index (χ3n) is 10.1. The first-order valence-corrected chi connectivity index (χ1v) is 19.3. The molecule has 0 saturated heterocycles. The summed E-state index contributed by atoms with van der Waals surface area (Å²) in [5.41, 5.74) is 13.8. The second-order valence-corrected chi connectivity index (χ2v) is 14.6. The van der Waals surface area contributed by atoms with Crippen molar-refractivity contribution in [2.45, 2.75) is 0 Å². The molecule has 0 amide bonds. The number of benzene rings is 7. The summed E-state index contributed by atoms with van der Waals surface area (Å²) in [6, 6.07) is 70.1. The lowest BCUT2D eigenvalue weighted by molar-refractivity contribution is 1.18. The zero-order chi connectivity index (χ0) is 36.6. The van der Waals surface area contributed by atoms with Crippen LogP contribution in [0.15, 0.2) is 200 Å². The minimum atomic E-state index is 0.710. The van der Waals surface area contributed by atoms with Crippen molar-refractivity contribution >= 4 is 32.3 Å². The fraction of sp³-hybridized carbons (Fsp3) is 0. The van der Waals surface area contributed by atoms with Crippen LogP contribution in [0.2, 0.25) is 0 Å². The third kappa shape index (κ3) is 6.19. The molecule has 0 saturated carbocycles. The standard InChI is InChI=1S/C51H33N3S/c1-5-16-35(17-6-1)44-33-45(54-51(53-44)39-22-11-4-12-23-39)36-30-28-34(29-31-36)40-24-15-25-41(32-40)48-47-46(37-18-7-2-8-19-37)49(38-20-9-3-10-21-38)55-50(47)42-26-13-14-27-43(42)52-48/h1-33H. The molecule has 3 nitrogen and oxygen atoms in total. The average molecular weight is 720 g/mol. The van der Waals surface area contributed by atoms with Crippen molar-refractivity contribution in [2.24, 2.45) is 0 Å². The van der Waals surface area contributed by atoms with Crippen LogP contribution in [0.4, 0.5) is 0 Å². The molecule has 55 heavy (non-hydrogen) atoms. The van der Waals surface area contributed by atoms with E-state index in [0.717, 1.165) is 56.0 Å². The van der Waals surface area contributed by atoms with E-state index in [2.05, 4.69) is 164 Å². The molecule has 0 N–H and O–H groups in total. The lowest BCUT2D eigenvalue weighted by Crippen LogP contribution is -1.95. The normalized spacial score (nSPS) is 11.3. The maximum absolute atomic E-state index is 5.41. The van der Waals surface area contributed by atoms with Gasteiger partial charge in [-0.05, 0) is 40.5 Å². The number of pyridine rings is 1. The van der Waals surface area contributed by atoms with Crippen molar-refractivity contribution in [3.8, 4) is 77.9 Å². The molecule has 0 fully saturated rings. The highest BCUT2D eigenvalue weighted by molar-refractivity contribution is 7.24. The van der Waals surface area contributed by atoms with Crippen LogP contribution < -0.4 is 0 Å². The molecule has 10 rings (SSSR count). The Morgan fingerprint density at radius 3 is 1.53 bits per heavy atom. The van der Waals surface area contributed by atoms with Gasteiger partial charge in [-0.3, -0.25) is 0 Å². The van der Waals surface area contributed by atoms with E-state index in [-0.39, 0.29) is 0 Å². The van der Waals surface area contributed by atoms with Gasteiger partial charge in [-0.15, -0.1) is 11.3 Å². The van der Waals surface area contributed by atoms with Crippen molar-refractivity contribution in [3.05, 3.63) is 200 Å². The molecule has 0 atom stereocenters. The summed E-state index contributed by atoms with van der Waals surface area (Å²) in [6.45, 7) is 0. The van der Waals surface area contributed by atoms with E-state index < -0.39 is 0 Å². The Morgan fingerprint density at radius 1 is 0.345 bits per heavy atom. The predicted molar refractivity (Wildman–Crippen MR) is 231 cm³/mol. The molecule has 0 aliphatic carbocycles. The maximum Gasteiger partial charge on any atom is 0.160 e. The lowest BCUT2D eigenvalue weighted by Gasteiger charge is -2.12. The van der Waals surface area contributed by atoms with Crippen LogP contribution in [-0.2, 0) is 0 Å². The molecule has 10 aromatic rings. The van der Waals surface area contributed by atoms with Gasteiger partial charge in [-0.1, -0.05) is 182 Å². The average Bonchev–Trinajstić information content (AvgIpc) is 3.69. The smallest absolute Gasteiger partial charge is 0.160 e. The third-order valence-corrected chi connectivity index (χ3v) is 11.4. The zero-order valence-electron chi connectivity index (χ0n) is 29.8. The van der Waals surface area contributed by atoms with Gasteiger partial charge < -0.3 is 0 Å². The summed E-state index contributed by atoms with van der Waals surface area (Å²) in [4.78, 5) is 16.7. The molecule has 0 aliphatic heterocycles. The lowest BCUT2D eigenvalue weighted by atomic mass is 9.93. The molecule has 3 aromatic heterocycles. The van der Waals surface area contributed by atoms with E-state index >= 15 is 0 Å². The molecule has 258 valence electrons. The van der Waals surface area contributed by atoms with Gasteiger partial charge in [0, 0.05) is 48.2 Å². The molecule has 0 bridgehead atoms. The van der Waals surface area contributed by atoms with Crippen LogP contribution in [0.5, 0.6) is 0 Å². The SMILES string of the molecule is c1ccc(-c2cc(-c3ccc(-c4cccc(-c5nc6ccccc6c6sc(-c7ccccc7)c(-c7ccccc7)c56)c4)cc3)nc(-c3ccccc3)n2)cc1. The first kappa shape index (κ1) is 32.6. The van der Waals surface area contributed by atoms with E-state index in [1.54, 1.807) is 0 Å². The molecule has 0 aliphatic rings. The molecular weight excluding hydrogens is 687 g/mol. The summed E-state index contributed by atoms with van der Waals surface area (Å²) in [5, 5.41) is 2.36. The molecule has 4 heteroatoms. The van der Waals surface area contributed by atoms with E-state index in [9.17, 15) is 0 Å². The summed E-state index contributed by atoms with van der Waals surface area (Å²) >= 11 is 1.86. The van der Waals surface area contributed by atoms with Crippen LogP contribution >= 0.6 is 11.3 Å². The fourth-order valence-electron chi connectivity index (χ4n) is 7.42. The van der Waals surface area contributed by atoms with Crippen LogP contribution in [0.25, 0.3) is 98.8 Å². The number of hydrogen-bond acceptors (Lipinski definition) is 4. The molecular formula is C51H33N3S. The van der Waals surface area contributed by atoms with Gasteiger partial charge in [0.2, 0.25) is 0 Å². The second-order valence-electron chi connectivity index (χ2n) is 13.6. The van der Waals surface area contributed by atoms with Crippen molar-refractivity contribution in [1.82, 2.24) is 15.0 Å². The van der Waals surface area contributed by atoms with Gasteiger partial charge in [0.25, 0.3) is 0 Å². The predicted octanol–water partition coefficient (Wildman–Crippen LogP) is 13.9. The van der Waals surface area contributed by atoms with Gasteiger partial charge in [-0.2, -0.15) is 0 Å². The van der Waals surface area contributed by atoms with Crippen molar-refractivity contribution in [2.75, 3.05) is 0 Å². The summed E-state index contributed by atoms with van der Waals surface area (Å²) < 4.78 is 1.25. The molecule has 3 heterocycles. The topological polar surface area (TPSA) is 38.7 Å². The Morgan fingerprint density at radius 2 is 0.855 bits per heavy atom. The quantitative estimate of drug-likeness (QED) is 0.165. The number of fused-ring (bicyclic) bond motifs is 3. The first-order chi connectivity index (χ1) is 27.3. The van der Waals surface area contributed by atoms with E-state index in [1.165, 1.54) is 37.0 Å². The zero-order valence-corrected chi connectivity index (χ0v) is 30.6. The van der Waals surface area contributed by atoms with Gasteiger partial charge in [0.1, 0.15) is 0 Å². The van der Waals surface area contributed by atoms with Crippen LogP contribution in [-0.4, -0.2) is 15.0 Å². The fourth-order valence-corrected chi connectivity index (χ4v) is 8.78. The van der Waals surface area contributed by atoms with E-state index in [1.807, 2.05) is 47.7 Å². The minimum absolute atomic E-state index is 0.710. The summed E-state index contributed by atoms with van der Waals surface area (Å²) in [6.07, 6.45) is 0. The van der Waals surface area contributed by atoms with Crippen molar-refractivity contribution in [3.63, 3.8) is 0 Å². The Labute approximate surface area is 323 Å². The molecule has 0 spiro atoms. The number of thiophene rings is 1. The van der Waals surface area contributed by atoms with E-state index in [0.29, 0.717) is 5.82 Å². The number of para-hydroxylation sites is 1. The largest absolute Gasteiger partial charge is 0.247 e. The number of rotatable bonds is 7. The second kappa shape index (κ2) is 14.1. The van der Waals surface area contributed by atoms with Crippen LogP contribution in [0, 0.1) is 0 Å². The summed E-state index contributed by atoms with van der Waals surface area (Å²) in [5.74, 6) is 0.710. The van der Waals surface area contributed by atoms with Gasteiger partial charge in [-0.25, -0.2) is 15.0 Å². The number of aromatic nitrogens is 3. The van der Waals surface area contributed by atoms with Gasteiger partial charge >= 0.3 is 0 Å².